The number of hydrogen-bond donors (Lipinski definition) is 2. The normalized spacial score (nSPS) is 10.4. The summed E-state index contributed by atoms with van der Waals surface area (Å²) in [5.41, 5.74) is 4.55. The Balaban J connectivity index is 0.00000205. The van der Waals surface area contributed by atoms with E-state index < -0.39 is 11.7 Å². The van der Waals surface area contributed by atoms with Crippen molar-refractivity contribution in [1.29, 1.82) is 0 Å². The number of methoxy groups -OCH3 is 1. The summed E-state index contributed by atoms with van der Waals surface area (Å²) in [5, 5.41) is 16.5. The molecule has 0 atom stereocenters. The van der Waals surface area contributed by atoms with E-state index in [9.17, 15) is 19.1 Å². The highest BCUT2D eigenvalue weighted by molar-refractivity contribution is 5.95. The van der Waals surface area contributed by atoms with E-state index in [1.54, 1.807) is 6.07 Å². The SMILES string of the molecule is CC.COC(=O)CCCNC(=O)c1ccc(-c2noc(-c3ccc(-c4ccccc4C)c(CO)c3)n2)cc1F. The van der Waals surface area contributed by atoms with Crippen LogP contribution in [-0.2, 0) is 16.1 Å². The van der Waals surface area contributed by atoms with Crippen molar-refractivity contribution in [3.8, 4) is 34.0 Å². The number of nitrogens with one attached hydrogen (secondary N) is 1. The summed E-state index contributed by atoms with van der Waals surface area (Å²) >= 11 is 0. The van der Waals surface area contributed by atoms with Crippen molar-refractivity contribution in [3.63, 3.8) is 0 Å². The third-order valence-corrected chi connectivity index (χ3v) is 5.93. The van der Waals surface area contributed by atoms with Crippen molar-refractivity contribution in [1.82, 2.24) is 15.5 Å². The second-order valence-electron chi connectivity index (χ2n) is 8.40. The molecule has 9 heteroatoms. The predicted molar refractivity (Wildman–Crippen MR) is 146 cm³/mol. The first-order chi connectivity index (χ1) is 18.9. The van der Waals surface area contributed by atoms with Gasteiger partial charge in [-0.2, -0.15) is 4.98 Å². The number of carbonyl (C=O) groups excluding carboxylic acids is 2. The van der Waals surface area contributed by atoms with E-state index >= 15 is 0 Å². The Morgan fingerprint density at radius 1 is 1.03 bits per heavy atom. The number of aromatic nitrogens is 2. The molecule has 8 nitrogen and oxygen atoms in total. The fraction of sp³-hybridized carbons (Fsp3) is 0.267. The minimum Gasteiger partial charge on any atom is -0.469 e. The van der Waals surface area contributed by atoms with Crippen LogP contribution in [0.15, 0.2) is 65.2 Å². The maximum Gasteiger partial charge on any atom is 0.305 e. The molecule has 0 saturated heterocycles. The highest BCUT2D eigenvalue weighted by atomic mass is 19.1. The molecule has 0 fully saturated rings. The van der Waals surface area contributed by atoms with Crippen LogP contribution in [0, 0.1) is 12.7 Å². The molecule has 0 unspecified atom stereocenters. The van der Waals surface area contributed by atoms with Gasteiger partial charge in [-0.25, -0.2) is 4.39 Å². The van der Waals surface area contributed by atoms with Gasteiger partial charge >= 0.3 is 5.97 Å². The van der Waals surface area contributed by atoms with Gasteiger partial charge in [0.15, 0.2) is 0 Å². The number of ether oxygens (including phenoxy) is 1. The molecule has 1 heterocycles. The third-order valence-electron chi connectivity index (χ3n) is 5.93. The Labute approximate surface area is 226 Å². The zero-order valence-corrected chi connectivity index (χ0v) is 22.5. The van der Waals surface area contributed by atoms with Gasteiger partial charge < -0.3 is 19.7 Å². The molecule has 39 heavy (non-hydrogen) atoms. The molecule has 204 valence electrons. The molecule has 0 spiro atoms. The van der Waals surface area contributed by atoms with E-state index in [0.717, 1.165) is 16.7 Å². The Kier molecular flexibility index (Phi) is 10.5. The Hall–Kier alpha value is -4.37. The van der Waals surface area contributed by atoms with E-state index in [1.807, 2.05) is 57.2 Å². The van der Waals surface area contributed by atoms with Gasteiger partial charge in [-0.15, -0.1) is 0 Å². The summed E-state index contributed by atoms with van der Waals surface area (Å²) in [6.45, 7) is 6.05. The van der Waals surface area contributed by atoms with Crippen molar-refractivity contribution in [2.24, 2.45) is 0 Å². The van der Waals surface area contributed by atoms with Gasteiger partial charge in [-0.1, -0.05) is 55.4 Å². The Morgan fingerprint density at radius 3 is 2.46 bits per heavy atom. The number of aryl methyl sites for hydroxylation is 1. The van der Waals surface area contributed by atoms with Crippen LogP contribution in [0.25, 0.3) is 34.0 Å². The molecule has 0 bridgehead atoms. The van der Waals surface area contributed by atoms with Crippen LogP contribution in [0.3, 0.4) is 0 Å². The minimum absolute atomic E-state index is 0.134. The molecule has 0 aliphatic carbocycles. The number of hydrogen-bond acceptors (Lipinski definition) is 7. The third kappa shape index (κ3) is 7.14. The summed E-state index contributed by atoms with van der Waals surface area (Å²) in [6, 6.07) is 17.5. The second kappa shape index (κ2) is 14.0. The molecular formula is C30H32FN3O5. The first-order valence-corrected chi connectivity index (χ1v) is 12.7. The summed E-state index contributed by atoms with van der Waals surface area (Å²) in [5.74, 6) is -1.33. The van der Waals surface area contributed by atoms with Gasteiger partial charge in [0.25, 0.3) is 11.8 Å². The average molecular weight is 534 g/mol. The Morgan fingerprint density at radius 2 is 1.77 bits per heavy atom. The molecule has 3 aromatic carbocycles. The number of halogens is 1. The van der Waals surface area contributed by atoms with E-state index in [-0.39, 0.29) is 42.8 Å². The monoisotopic (exact) mass is 533 g/mol. The molecule has 1 aromatic heterocycles. The first kappa shape index (κ1) is 29.2. The van der Waals surface area contributed by atoms with Gasteiger partial charge in [0.1, 0.15) is 5.82 Å². The van der Waals surface area contributed by atoms with Crippen molar-refractivity contribution < 1.29 is 28.3 Å². The van der Waals surface area contributed by atoms with Crippen LogP contribution in [0.1, 0.15) is 48.2 Å². The maximum atomic E-state index is 14.7. The van der Waals surface area contributed by atoms with E-state index in [1.165, 1.54) is 25.3 Å². The van der Waals surface area contributed by atoms with Gasteiger partial charge in [0.05, 0.1) is 19.3 Å². The zero-order valence-electron chi connectivity index (χ0n) is 22.5. The molecule has 0 saturated carbocycles. The minimum atomic E-state index is -0.737. The topological polar surface area (TPSA) is 115 Å². The van der Waals surface area contributed by atoms with E-state index in [2.05, 4.69) is 20.2 Å². The lowest BCUT2D eigenvalue weighted by atomic mass is 9.95. The molecule has 4 rings (SSSR count). The lowest BCUT2D eigenvalue weighted by molar-refractivity contribution is -0.140. The molecule has 2 N–H and O–H groups in total. The molecular weight excluding hydrogens is 501 g/mol. The zero-order chi connectivity index (χ0) is 28.4. The van der Waals surface area contributed by atoms with E-state index in [4.69, 9.17) is 4.52 Å². The number of aliphatic hydroxyl groups is 1. The standard InChI is InChI=1S/C28H26FN3O5.C2H6/c1-17-6-3-4-7-21(17)22-11-10-19(14-20(22)16-33)28-31-26(32-37-28)18-9-12-23(24(29)15-18)27(35)30-13-5-8-25(34)36-2;1-2/h3-4,6-7,9-12,14-15,33H,5,8,13,16H2,1-2H3,(H,30,35);1-2H3. The van der Waals surface area contributed by atoms with Gasteiger partial charge in [-0.3, -0.25) is 9.59 Å². The number of esters is 1. The number of benzene rings is 3. The highest BCUT2D eigenvalue weighted by Gasteiger charge is 2.17. The molecule has 0 radical (unpaired) electrons. The predicted octanol–water partition coefficient (Wildman–Crippen LogP) is 5.72. The van der Waals surface area contributed by atoms with Crippen molar-refractivity contribution >= 4 is 11.9 Å². The Bertz CT molecular complexity index is 1430. The molecule has 1 amide bonds. The smallest absolute Gasteiger partial charge is 0.305 e. The number of amides is 1. The quantitative estimate of drug-likeness (QED) is 0.209. The van der Waals surface area contributed by atoms with Crippen LogP contribution < -0.4 is 5.32 Å². The van der Waals surface area contributed by atoms with Crippen LogP contribution in [-0.4, -0.2) is 40.8 Å². The van der Waals surface area contributed by atoms with Crippen LogP contribution in [0.5, 0.6) is 0 Å². The number of nitrogens with zero attached hydrogens (tertiary/aromatic N) is 2. The largest absolute Gasteiger partial charge is 0.469 e. The summed E-state index contributed by atoms with van der Waals surface area (Å²) in [4.78, 5) is 27.8. The van der Waals surface area contributed by atoms with Crippen molar-refractivity contribution in [2.75, 3.05) is 13.7 Å². The number of carbonyl (C=O) groups is 2. The van der Waals surface area contributed by atoms with Crippen molar-refractivity contribution in [2.45, 2.75) is 40.2 Å². The second-order valence-corrected chi connectivity index (χ2v) is 8.40. The average Bonchev–Trinajstić information content (AvgIpc) is 3.46. The van der Waals surface area contributed by atoms with Gasteiger partial charge in [0.2, 0.25) is 5.82 Å². The number of aliphatic hydroxyl groups excluding tert-OH is 1. The van der Waals surface area contributed by atoms with Crippen LogP contribution in [0.2, 0.25) is 0 Å². The highest BCUT2D eigenvalue weighted by Crippen LogP contribution is 2.31. The van der Waals surface area contributed by atoms with Crippen LogP contribution >= 0.6 is 0 Å². The van der Waals surface area contributed by atoms with Gasteiger partial charge in [0, 0.05) is 24.1 Å². The van der Waals surface area contributed by atoms with Crippen LogP contribution in [0.4, 0.5) is 4.39 Å². The molecule has 0 aliphatic rings. The lowest BCUT2D eigenvalue weighted by Crippen LogP contribution is -2.25. The van der Waals surface area contributed by atoms with Crippen molar-refractivity contribution in [3.05, 3.63) is 83.2 Å². The fourth-order valence-electron chi connectivity index (χ4n) is 3.92. The maximum absolute atomic E-state index is 14.7. The van der Waals surface area contributed by atoms with Gasteiger partial charge in [-0.05, 0) is 59.9 Å². The first-order valence-electron chi connectivity index (χ1n) is 12.7. The summed E-state index contributed by atoms with van der Waals surface area (Å²) in [6.07, 6.45) is 0.542. The summed E-state index contributed by atoms with van der Waals surface area (Å²) < 4.78 is 24.6. The number of rotatable bonds is 9. The summed E-state index contributed by atoms with van der Waals surface area (Å²) in [7, 11) is 1.29. The van der Waals surface area contributed by atoms with E-state index in [0.29, 0.717) is 23.1 Å². The lowest BCUT2D eigenvalue weighted by Gasteiger charge is -2.11. The molecule has 0 aliphatic heterocycles. The molecule has 4 aromatic rings. The fourth-order valence-corrected chi connectivity index (χ4v) is 3.92.